The van der Waals surface area contributed by atoms with Crippen molar-refractivity contribution >= 4 is 23.1 Å². The number of rotatable bonds is 0. The molecule has 0 heterocycles. The van der Waals surface area contributed by atoms with Crippen LogP contribution in [0.3, 0.4) is 0 Å². The van der Waals surface area contributed by atoms with Crippen LogP contribution in [0.15, 0.2) is 0 Å². The fourth-order valence-corrected chi connectivity index (χ4v) is 0.612. The van der Waals surface area contributed by atoms with E-state index in [0.717, 1.165) is 5.92 Å². The standard InChI is InChI=1S/C5H10.Mg.2H/c1-5-3-2-4-5;;;/h5H,2-4H2,1H3;;;/q;+2;2*-1. The second-order valence-corrected chi connectivity index (χ2v) is 2.04. The maximum atomic E-state index is 2.31. The summed E-state index contributed by atoms with van der Waals surface area (Å²) in [7, 11) is 0. The van der Waals surface area contributed by atoms with Crippen molar-refractivity contribution in [3.8, 4) is 0 Å². The van der Waals surface area contributed by atoms with Gasteiger partial charge in [0.15, 0.2) is 0 Å². The van der Waals surface area contributed by atoms with Crippen LogP contribution >= 0.6 is 0 Å². The fraction of sp³-hybridized carbons (Fsp3) is 1.00. The third-order valence-electron chi connectivity index (χ3n) is 1.39. The van der Waals surface area contributed by atoms with E-state index in [4.69, 9.17) is 0 Å². The first kappa shape index (κ1) is 6.77. The summed E-state index contributed by atoms with van der Waals surface area (Å²) in [5.41, 5.74) is 0. The summed E-state index contributed by atoms with van der Waals surface area (Å²) in [5, 5.41) is 0. The molecule has 0 amide bonds. The van der Waals surface area contributed by atoms with E-state index in [0.29, 0.717) is 0 Å². The minimum Gasteiger partial charge on any atom is -1.00 e. The Balaban J connectivity index is -0.0000000833. The third kappa shape index (κ3) is 1.48. The molecule has 0 aromatic heterocycles. The molecule has 0 aromatic carbocycles. The van der Waals surface area contributed by atoms with E-state index in [2.05, 4.69) is 6.92 Å². The van der Waals surface area contributed by atoms with Gasteiger partial charge in [0.25, 0.3) is 0 Å². The number of hydrogen-bond donors (Lipinski definition) is 0. The van der Waals surface area contributed by atoms with E-state index in [1.165, 1.54) is 19.3 Å². The summed E-state index contributed by atoms with van der Waals surface area (Å²) in [4.78, 5) is 0. The van der Waals surface area contributed by atoms with Gasteiger partial charge in [0.05, 0.1) is 0 Å². The quantitative estimate of drug-likeness (QED) is 0.402. The molecule has 1 fully saturated rings. The van der Waals surface area contributed by atoms with Gasteiger partial charge in [-0.3, -0.25) is 0 Å². The summed E-state index contributed by atoms with van der Waals surface area (Å²) >= 11 is 0. The maximum Gasteiger partial charge on any atom is 2.00 e. The first-order chi connectivity index (χ1) is 2.39. The second kappa shape index (κ2) is 2.86. The van der Waals surface area contributed by atoms with Crippen molar-refractivity contribution in [2.45, 2.75) is 26.2 Å². The van der Waals surface area contributed by atoms with E-state index in [-0.39, 0.29) is 25.9 Å². The fourth-order valence-electron chi connectivity index (χ4n) is 0.612. The van der Waals surface area contributed by atoms with Crippen molar-refractivity contribution in [2.24, 2.45) is 5.92 Å². The predicted octanol–water partition coefficient (Wildman–Crippen LogP) is 1.65. The molecule has 0 bridgehead atoms. The van der Waals surface area contributed by atoms with Gasteiger partial charge in [-0.2, -0.15) is 0 Å². The molecular formula is C5H12Mg. The van der Waals surface area contributed by atoms with Crippen molar-refractivity contribution in [1.82, 2.24) is 0 Å². The minimum absolute atomic E-state index is 0. The monoisotopic (exact) mass is 96.1 g/mol. The average Bonchev–Trinajstić information content (AvgIpc) is 1.30. The van der Waals surface area contributed by atoms with E-state index >= 15 is 0 Å². The van der Waals surface area contributed by atoms with Crippen LogP contribution in [0.25, 0.3) is 0 Å². The first-order valence-electron chi connectivity index (χ1n) is 2.39. The average molecular weight is 96.5 g/mol. The van der Waals surface area contributed by atoms with Crippen molar-refractivity contribution in [3.63, 3.8) is 0 Å². The molecule has 1 aliphatic carbocycles. The number of hydrogen-bond acceptors (Lipinski definition) is 0. The molecule has 1 heteroatoms. The Hall–Kier alpha value is 0.766. The molecule has 0 N–H and O–H groups in total. The molecule has 34 valence electrons. The van der Waals surface area contributed by atoms with Crippen LogP contribution in [-0.4, -0.2) is 23.1 Å². The van der Waals surface area contributed by atoms with Crippen LogP contribution < -0.4 is 0 Å². The summed E-state index contributed by atoms with van der Waals surface area (Å²) in [5.74, 6) is 1.06. The zero-order valence-electron chi connectivity index (χ0n) is 6.41. The Labute approximate surface area is 58.4 Å². The van der Waals surface area contributed by atoms with Gasteiger partial charge < -0.3 is 2.85 Å². The Morgan fingerprint density at radius 1 is 1.50 bits per heavy atom. The Kier molecular flexibility index (Phi) is 3.23. The van der Waals surface area contributed by atoms with Gasteiger partial charge >= 0.3 is 23.1 Å². The molecule has 0 spiro atoms. The van der Waals surface area contributed by atoms with Gasteiger partial charge in [-0.15, -0.1) is 0 Å². The van der Waals surface area contributed by atoms with Crippen molar-refractivity contribution in [1.29, 1.82) is 0 Å². The third-order valence-corrected chi connectivity index (χ3v) is 1.39. The first-order valence-corrected chi connectivity index (χ1v) is 2.39. The summed E-state index contributed by atoms with van der Waals surface area (Å²) in [6.45, 7) is 2.31. The molecule has 0 aliphatic heterocycles. The van der Waals surface area contributed by atoms with Crippen LogP contribution in [-0.2, 0) is 0 Å². The Morgan fingerprint density at radius 2 is 1.83 bits per heavy atom. The zero-order chi connectivity index (χ0) is 3.70. The molecule has 1 rings (SSSR count). The molecular weight excluding hydrogens is 84.4 g/mol. The normalized spacial score (nSPS) is 21.5. The molecule has 0 atom stereocenters. The Bertz CT molecular complexity index is 37.4. The van der Waals surface area contributed by atoms with Gasteiger partial charge in [-0.1, -0.05) is 26.2 Å². The van der Waals surface area contributed by atoms with Crippen LogP contribution in [0.4, 0.5) is 0 Å². The molecule has 0 aromatic rings. The van der Waals surface area contributed by atoms with Gasteiger partial charge in [0, 0.05) is 0 Å². The molecule has 0 nitrogen and oxygen atoms in total. The minimum atomic E-state index is 0. The van der Waals surface area contributed by atoms with E-state index in [1.807, 2.05) is 0 Å². The van der Waals surface area contributed by atoms with Crippen LogP contribution in [0.2, 0.25) is 0 Å². The van der Waals surface area contributed by atoms with Crippen molar-refractivity contribution in [2.75, 3.05) is 0 Å². The summed E-state index contributed by atoms with van der Waals surface area (Å²) < 4.78 is 0. The molecule has 0 saturated heterocycles. The summed E-state index contributed by atoms with van der Waals surface area (Å²) in [6.07, 6.45) is 4.46. The van der Waals surface area contributed by atoms with Crippen LogP contribution in [0.5, 0.6) is 0 Å². The zero-order valence-corrected chi connectivity index (χ0v) is 5.82. The van der Waals surface area contributed by atoms with Gasteiger partial charge in [-0.05, 0) is 5.92 Å². The van der Waals surface area contributed by atoms with Gasteiger partial charge in [-0.25, -0.2) is 0 Å². The van der Waals surface area contributed by atoms with Crippen molar-refractivity contribution < 1.29 is 2.85 Å². The maximum absolute atomic E-state index is 2.31. The smallest absolute Gasteiger partial charge is 1.00 e. The SMILES string of the molecule is CC1CCC1.[H-].[H-].[Mg+2]. The molecule has 0 unspecified atom stereocenters. The topological polar surface area (TPSA) is 0 Å². The largest absolute Gasteiger partial charge is 2.00 e. The molecule has 0 radical (unpaired) electrons. The van der Waals surface area contributed by atoms with Crippen molar-refractivity contribution in [3.05, 3.63) is 0 Å². The van der Waals surface area contributed by atoms with E-state index < -0.39 is 0 Å². The Morgan fingerprint density at radius 3 is 1.83 bits per heavy atom. The molecule has 6 heavy (non-hydrogen) atoms. The van der Waals surface area contributed by atoms with Crippen LogP contribution in [0, 0.1) is 5.92 Å². The van der Waals surface area contributed by atoms with E-state index in [9.17, 15) is 0 Å². The summed E-state index contributed by atoms with van der Waals surface area (Å²) in [6, 6.07) is 0. The second-order valence-electron chi connectivity index (χ2n) is 2.04. The molecule has 1 saturated carbocycles. The van der Waals surface area contributed by atoms with Gasteiger partial charge in [0.2, 0.25) is 0 Å². The van der Waals surface area contributed by atoms with Gasteiger partial charge in [0.1, 0.15) is 0 Å². The molecule has 1 aliphatic rings. The van der Waals surface area contributed by atoms with Crippen LogP contribution in [0.1, 0.15) is 29.0 Å². The predicted molar refractivity (Wildman–Crippen MR) is 31.0 cm³/mol. The van der Waals surface area contributed by atoms with E-state index in [1.54, 1.807) is 0 Å².